The molecule has 1 unspecified atom stereocenters. The Morgan fingerprint density at radius 1 is 1.18 bits per heavy atom. The third kappa shape index (κ3) is 4.86. The van der Waals surface area contributed by atoms with Gasteiger partial charge in [-0.1, -0.05) is 54.1 Å². The molecule has 0 bridgehead atoms. The van der Waals surface area contributed by atoms with Gasteiger partial charge in [0.05, 0.1) is 6.61 Å². The summed E-state index contributed by atoms with van der Waals surface area (Å²) in [5, 5.41) is 0.0795. The van der Waals surface area contributed by atoms with E-state index in [1.165, 1.54) is 11.1 Å². The third-order valence-corrected chi connectivity index (χ3v) is 5.74. The van der Waals surface area contributed by atoms with Crippen LogP contribution in [0.3, 0.4) is 0 Å². The average Bonchev–Trinajstić information content (AvgIpc) is 2.73. The number of hydrogen-bond acceptors (Lipinski definition) is 1. The Bertz CT molecular complexity index is 852. The van der Waals surface area contributed by atoms with Gasteiger partial charge in [-0.25, -0.2) is 4.39 Å². The zero-order valence-corrected chi connectivity index (χ0v) is 17.4. The first-order valence-corrected chi connectivity index (χ1v) is 10.5. The molecule has 1 aliphatic rings. The number of rotatable bonds is 7. The molecule has 0 N–H and O–H groups in total. The molecule has 0 amide bonds. The van der Waals surface area contributed by atoms with Crippen molar-refractivity contribution in [2.75, 3.05) is 6.61 Å². The van der Waals surface area contributed by atoms with E-state index in [1.807, 2.05) is 6.92 Å². The molecule has 0 fully saturated rings. The van der Waals surface area contributed by atoms with Crippen LogP contribution in [-0.2, 0) is 6.42 Å². The number of ether oxygens (including phenoxy) is 1. The first kappa shape index (κ1) is 20.7. The first-order valence-electron chi connectivity index (χ1n) is 10.1. The fraction of sp³-hybridized carbons (Fsp3) is 0.360. The van der Waals surface area contributed by atoms with E-state index in [-0.39, 0.29) is 10.8 Å². The molecule has 1 atom stereocenters. The second-order valence-electron chi connectivity index (χ2n) is 7.22. The van der Waals surface area contributed by atoms with Crippen molar-refractivity contribution >= 4 is 17.2 Å². The Kier molecular flexibility index (Phi) is 7.33. The molecule has 1 aliphatic carbocycles. The maximum atomic E-state index is 14.7. The van der Waals surface area contributed by atoms with Gasteiger partial charge in [-0.3, -0.25) is 0 Å². The van der Waals surface area contributed by atoms with Crippen molar-refractivity contribution in [3.8, 4) is 5.75 Å². The Morgan fingerprint density at radius 2 is 1.96 bits per heavy atom. The molecule has 3 heteroatoms. The maximum absolute atomic E-state index is 14.7. The van der Waals surface area contributed by atoms with Crippen LogP contribution in [0.1, 0.15) is 62.1 Å². The molecular formula is C25H28ClFO. The fourth-order valence-corrected chi connectivity index (χ4v) is 4.02. The van der Waals surface area contributed by atoms with Crippen LogP contribution in [0.2, 0.25) is 5.02 Å². The van der Waals surface area contributed by atoms with E-state index >= 15 is 0 Å². The number of halogens is 2. The molecule has 0 saturated heterocycles. The van der Waals surface area contributed by atoms with Crippen LogP contribution in [0.25, 0.3) is 5.57 Å². The highest BCUT2D eigenvalue weighted by Crippen LogP contribution is 2.39. The summed E-state index contributed by atoms with van der Waals surface area (Å²) in [4.78, 5) is 0. The molecule has 0 radical (unpaired) electrons. The minimum Gasteiger partial charge on any atom is -0.492 e. The van der Waals surface area contributed by atoms with E-state index in [4.69, 9.17) is 16.3 Å². The van der Waals surface area contributed by atoms with E-state index in [9.17, 15) is 4.39 Å². The topological polar surface area (TPSA) is 9.23 Å². The van der Waals surface area contributed by atoms with Gasteiger partial charge in [0, 0.05) is 5.56 Å². The van der Waals surface area contributed by atoms with Gasteiger partial charge < -0.3 is 4.74 Å². The first-order chi connectivity index (χ1) is 13.6. The van der Waals surface area contributed by atoms with Crippen LogP contribution in [0.5, 0.6) is 5.75 Å². The molecule has 2 aromatic carbocycles. The van der Waals surface area contributed by atoms with Crippen molar-refractivity contribution in [2.24, 2.45) is 0 Å². The van der Waals surface area contributed by atoms with Crippen LogP contribution >= 0.6 is 11.6 Å². The van der Waals surface area contributed by atoms with Gasteiger partial charge in [0.15, 0.2) is 5.82 Å². The van der Waals surface area contributed by atoms with Crippen LogP contribution in [0.15, 0.2) is 54.6 Å². The Labute approximate surface area is 172 Å². The highest BCUT2D eigenvalue weighted by Gasteiger charge is 2.21. The zero-order chi connectivity index (χ0) is 19.9. The molecule has 0 aliphatic heterocycles. The van der Waals surface area contributed by atoms with E-state index < -0.39 is 0 Å². The highest BCUT2D eigenvalue weighted by atomic mass is 35.5. The second-order valence-corrected chi connectivity index (χ2v) is 7.60. The molecule has 2 aromatic rings. The number of hydrogen-bond donors (Lipinski definition) is 0. The number of aryl methyl sites for hydroxylation is 1. The van der Waals surface area contributed by atoms with E-state index in [1.54, 1.807) is 12.1 Å². The molecular weight excluding hydrogens is 371 g/mol. The van der Waals surface area contributed by atoms with Crippen LogP contribution in [0.4, 0.5) is 4.39 Å². The summed E-state index contributed by atoms with van der Waals surface area (Å²) in [7, 11) is 0. The lowest BCUT2D eigenvalue weighted by atomic mass is 9.82. The maximum Gasteiger partial charge on any atom is 0.153 e. The monoisotopic (exact) mass is 398 g/mol. The predicted octanol–water partition coefficient (Wildman–Crippen LogP) is 7.74. The van der Waals surface area contributed by atoms with Crippen molar-refractivity contribution in [1.82, 2.24) is 0 Å². The van der Waals surface area contributed by atoms with Crippen molar-refractivity contribution < 1.29 is 9.13 Å². The minimum absolute atomic E-state index is 0.0795. The van der Waals surface area contributed by atoms with Gasteiger partial charge in [0.2, 0.25) is 0 Å². The Hall–Kier alpha value is -2.06. The van der Waals surface area contributed by atoms with Crippen LogP contribution < -0.4 is 4.74 Å². The molecule has 148 valence electrons. The standard InChI is InChI=1S/C25H28ClFO/c1-3-5-6-7-18-8-10-19(11-9-18)20-12-14-21(15-13-20)22-16-17-23(28-4-2)24(26)25(22)27/h3,5,8-11,14,16-17,20H,4,6-7,12-13,15H2,1-2H3/b5-3+. The summed E-state index contributed by atoms with van der Waals surface area (Å²) in [6.07, 6.45) is 11.4. The van der Waals surface area contributed by atoms with E-state index in [0.717, 1.165) is 37.7 Å². The Morgan fingerprint density at radius 3 is 2.61 bits per heavy atom. The zero-order valence-electron chi connectivity index (χ0n) is 16.7. The lowest BCUT2D eigenvalue weighted by Crippen LogP contribution is -2.05. The van der Waals surface area contributed by atoms with Crippen LogP contribution in [-0.4, -0.2) is 6.61 Å². The summed E-state index contributed by atoms with van der Waals surface area (Å²) in [5.41, 5.74) is 4.39. The minimum atomic E-state index is -0.372. The van der Waals surface area contributed by atoms with Gasteiger partial charge in [0.25, 0.3) is 0 Å². The van der Waals surface area contributed by atoms with Gasteiger partial charge in [-0.05, 0) is 80.7 Å². The summed E-state index contributed by atoms with van der Waals surface area (Å²) in [6.45, 7) is 4.39. The summed E-state index contributed by atoms with van der Waals surface area (Å²) in [6, 6.07) is 12.5. The number of allylic oxidation sites excluding steroid dienone is 4. The normalized spacial score (nSPS) is 17.0. The van der Waals surface area contributed by atoms with Gasteiger partial charge in [-0.15, -0.1) is 0 Å². The molecule has 0 spiro atoms. The lowest BCUT2D eigenvalue weighted by molar-refractivity contribution is 0.338. The predicted molar refractivity (Wildman–Crippen MR) is 117 cm³/mol. The van der Waals surface area contributed by atoms with Crippen LogP contribution in [0, 0.1) is 5.82 Å². The van der Waals surface area contributed by atoms with Gasteiger partial charge in [0.1, 0.15) is 10.8 Å². The third-order valence-electron chi connectivity index (χ3n) is 5.39. The average molecular weight is 399 g/mol. The quantitative estimate of drug-likeness (QED) is 0.433. The van der Waals surface area contributed by atoms with Crippen molar-refractivity contribution in [3.63, 3.8) is 0 Å². The second kappa shape index (κ2) is 9.93. The van der Waals surface area contributed by atoms with Crippen molar-refractivity contribution in [3.05, 3.63) is 82.2 Å². The van der Waals surface area contributed by atoms with Gasteiger partial charge >= 0.3 is 0 Å². The van der Waals surface area contributed by atoms with E-state index in [0.29, 0.717) is 23.8 Å². The molecule has 3 rings (SSSR count). The number of benzene rings is 2. The summed E-state index contributed by atoms with van der Waals surface area (Å²) in [5.74, 6) is 0.534. The molecule has 0 aromatic heterocycles. The molecule has 1 nitrogen and oxygen atoms in total. The largest absolute Gasteiger partial charge is 0.492 e. The molecule has 0 heterocycles. The SMILES string of the molecule is C/C=C/CCc1ccc(C2CC=C(c3ccc(OCC)c(Cl)c3F)CC2)cc1. The molecule has 28 heavy (non-hydrogen) atoms. The van der Waals surface area contributed by atoms with Crippen molar-refractivity contribution in [2.45, 2.75) is 51.9 Å². The fourth-order valence-electron chi connectivity index (χ4n) is 3.80. The Balaban J connectivity index is 1.68. The van der Waals surface area contributed by atoms with Gasteiger partial charge in [-0.2, -0.15) is 0 Å². The summed E-state index contributed by atoms with van der Waals surface area (Å²) >= 11 is 6.15. The highest BCUT2D eigenvalue weighted by molar-refractivity contribution is 6.32. The molecule has 0 saturated carbocycles. The van der Waals surface area contributed by atoms with Crippen molar-refractivity contribution in [1.29, 1.82) is 0 Å². The smallest absolute Gasteiger partial charge is 0.153 e. The summed E-state index contributed by atoms with van der Waals surface area (Å²) < 4.78 is 20.1. The lowest BCUT2D eigenvalue weighted by Gasteiger charge is -2.23. The van der Waals surface area contributed by atoms with E-state index in [2.05, 4.69) is 49.4 Å².